The summed E-state index contributed by atoms with van der Waals surface area (Å²) in [5.41, 5.74) is 2.65. The summed E-state index contributed by atoms with van der Waals surface area (Å²) in [5, 5.41) is 9.18. The van der Waals surface area contributed by atoms with Gasteiger partial charge in [-0.05, 0) is 30.2 Å². The Morgan fingerprint density at radius 3 is 2.82 bits per heavy atom. The highest BCUT2D eigenvalue weighted by atomic mass is 32.1. The number of hydrogen-bond acceptors (Lipinski definition) is 6. The van der Waals surface area contributed by atoms with Crippen molar-refractivity contribution < 1.29 is 9.59 Å². The predicted molar refractivity (Wildman–Crippen MR) is 112 cm³/mol. The van der Waals surface area contributed by atoms with Crippen LogP contribution in [0.15, 0.2) is 53.5 Å². The van der Waals surface area contributed by atoms with Crippen LogP contribution in [0, 0.1) is 0 Å². The maximum absolute atomic E-state index is 12.7. The molecule has 1 unspecified atom stereocenters. The lowest BCUT2D eigenvalue weighted by Crippen LogP contribution is -2.45. The second kappa shape index (κ2) is 7.77. The number of nitrogens with zero attached hydrogens (tertiary/aromatic N) is 2. The number of aryl methyl sites for hydroxylation is 1. The predicted octanol–water partition coefficient (Wildman–Crippen LogP) is 3.15. The van der Waals surface area contributed by atoms with Crippen LogP contribution in [0.4, 0.5) is 10.8 Å². The fourth-order valence-electron chi connectivity index (χ4n) is 3.00. The minimum atomic E-state index is -0.796. The van der Waals surface area contributed by atoms with E-state index in [0.29, 0.717) is 5.13 Å². The fourth-order valence-corrected chi connectivity index (χ4v) is 3.87. The molecule has 2 heterocycles. The molecule has 1 aromatic heterocycles. The Morgan fingerprint density at radius 1 is 1.21 bits per heavy atom. The van der Waals surface area contributed by atoms with E-state index >= 15 is 0 Å². The molecule has 1 atom stereocenters. The summed E-state index contributed by atoms with van der Waals surface area (Å²) in [6, 6.07) is 14.6. The lowest BCUT2D eigenvalue weighted by molar-refractivity contribution is -0.124. The molecule has 2 amide bonds. The van der Waals surface area contributed by atoms with Crippen LogP contribution in [-0.2, 0) is 16.0 Å². The average Bonchev–Trinajstić information content (AvgIpc) is 3.10. The van der Waals surface area contributed by atoms with Crippen LogP contribution in [0.25, 0.3) is 10.2 Å². The van der Waals surface area contributed by atoms with E-state index in [9.17, 15) is 9.59 Å². The van der Waals surface area contributed by atoms with Crippen LogP contribution in [0.2, 0.25) is 0 Å². The Hall–Kier alpha value is -3.26. The summed E-state index contributed by atoms with van der Waals surface area (Å²) < 4.78 is 1.03. The van der Waals surface area contributed by atoms with Gasteiger partial charge in [-0.3, -0.25) is 14.9 Å². The third-order valence-electron chi connectivity index (χ3n) is 4.40. The molecule has 0 fully saturated rings. The Balaban J connectivity index is 1.52. The van der Waals surface area contributed by atoms with Crippen LogP contribution in [0.5, 0.6) is 0 Å². The number of carbonyl (C=O) groups is 2. The topological polar surface area (TPSA) is 95.5 Å². The number of thiazole rings is 1. The first kappa shape index (κ1) is 18.1. The molecule has 2 aromatic carbocycles. The number of aliphatic imine (C=N–C) groups is 1. The number of amides is 2. The number of fused-ring (bicyclic) bond motifs is 1. The molecule has 142 valence electrons. The molecule has 0 bridgehead atoms. The van der Waals surface area contributed by atoms with E-state index < -0.39 is 6.04 Å². The normalized spacial score (nSPS) is 16.4. The summed E-state index contributed by atoms with van der Waals surface area (Å²) >= 11 is 1.45. The molecule has 8 heteroatoms. The number of nitrogens with one attached hydrogen (secondary N) is 3. The lowest BCUT2D eigenvalue weighted by Gasteiger charge is -2.21. The number of hydrogen-bond donors (Lipinski definition) is 3. The molecular formula is C20H19N5O2S. The molecule has 0 saturated carbocycles. The van der Waals surface area contributed by atoms with Crippen molar-refractivity contribution in [3.8, 4) is 0 Å². The van der Waals surface area contributed by atoms with E-state index in [1.54, 1.807) is 0 Å². The number of rotatable bonds is 4. The molecule has 0 saturated heterocycles. The van der Waals surface area contributed by atoms with Gasteiger partial charge in [0.25, 0.3) is 0 Å². The Labute approximate surface area is 165 Å². The minimum Gasteiger partial charge on any atom is -0.324 e. The fraction of sp³-hybridized carbons (Fsp3) is 0.200. The van der Waals surface area contributed by atoms with Gasteiger partial charge in [0.15, 0.2) is 5.13 Å². The molecule has 3 N–H and O–H groups in total. The molecular weight excluding hydrogens is 374 g/mol. The maximum Gasteiger partial charge on any atom is 0.249 e. The van der Waals surface area contributed by atoms with E-state index in [-0.39, 0.29) is 24.2 Å². The standard InChI is InChI=1S/C20H19N5O2S/c1-2-12-7-3-4-8-13(12)21-18(27)15-11-17(26)24-19(22-15)25-20-23-14-9-5-6-10-16(14)28-20/h3-10,15H,2,11H2,1H3,(H,21,27)(H2,22,23,24,25,26). The summed E-state index contributed by atoms with van der Waals surface area (Å²) in [7, 11) is 0. The number of anilines is 2. The van der Waals surface area contributed by atoms with Crippen molar-refractivity contribution in [2.45, 2.75) is 25.8 Å². The Morgan fingerprint density at radius 2 is 2.00 bits per heavy atom. The van der Waals surface area contributed by atoms with Crippen molar-refractivity contribution in [3.05, 3.63) is 54.1 Å². The third-order valence-corrected chi connectivity index (χ3v) is 5.35. The molecule has 1 aliphatic rings. The zero-order chi connectivity index (χ0) is 19.5. The quantitative estimate of drug-likeness (QED) is 0.634. The second-order valence-electron chi connectivity index (χ2n) is 6.36. The summed E-state index contributed by atoms with van der Waals surface area (Å²) in [4.78, 5) is 33.6. The van der Waals surface area contributed by atoms with Crippen LogP contribution in [0.3, 0.4) is 0 Å². The van der Waals surface area contributed by atoms with Gasteiger partial charge in [0, 0.05) is 5.69 Å². The molecule has 3 aromatic rings. The van der Waals surface area contributed by atoms with Crippen molar-refractivity contribution in [1.29, 1.82) is 0 Å². The number of carbonyl (C=O) groups excluding carboxylic acids is 2. The molecule has 1 aliphatic heterocycles. The number of benzene rings is 2. The van der Waals surface area contributed by atoms with Crippen LogP contribution in [-0.4, -0.2) is 28.8 Å². The largest absolute Gasteiger partial charge is 0.324 e. The van der Waals surface area contributed by atoms with E-state index in [4.69, 9.17) is 0 Å². The zero-order valence-corrected chi connectivity index (χ0v) is 16.0. The first-order valence-corrected chi connectivity index (χ1v) is 9.83. The van der Waals surface area contributed by atoms with Crippen molar-refractivity contribution in [2.24, 2.45) is 4.99 Å². The van der Waals surface area contributed by atoms with Crippen LogP contribution in [0.1, 0.15) is 18.9 Å². The van der Waals surface area contributed by atoms with Gasteiger partial charge in [-0.1, -0.05) is 48.6 Å². The second-order valence-corrected chi connectivity index (χ2v) is 7.39. The van der Waals surface area contributed by atoms with Gasteiger partial charge in [-0.15, -0.1) is 0 Å². The van der Waals surface area contributed by atoms with Gasteiger partial charge in [0.05, 0.1) is 16.6 Å². The van der Waals surface area contributed by atoms with Gasteiger partial charge in [0.2, 0.25) is 17.8 Å². The van der Waals surface area contributed by atoms with Crippen molar-refractivity contribution >= 4 is 50.1 Å². The summed E-state index contributed by atoms with van der Waals surface area (Å²) in [6.45, 7) is 2.03. The molecule has 4 rings (SSSR count). The first-order chi connectivity index (χ1) is 13.6. The number of aromatic nitrogens is 1. The van der Waals surface area contributed by atoms with Gasteiger partial charge >= 0.3 is 0 Å². The number of para-hydroxylation sites is 2. The van der Waals surface area contributed by atoms with E-state index in [0.717, 1.165) is 27.9 Å². The van der Waals surface area contributed by atoms with Gasteiger partial charge in [-0.2, -0.15) is 0 Å². The van der Waals surface area contributed by atoms with Crippen LogP contribution >= 0.6 is 11.3 Å². The lowest BCUT2D eigenvalue weighted by atomic mass is 10.1. The minimum absolute atomic E-state index is 0.00511. The third kappa shape index (κ3) is 3.86. The smallest absolute Gasteiger partial charge is 0.249 e. The zero-order valence-electron chi connectivity index (χ0n) is 15.2. The highest BCUT2D eigenvalue weighted by Crippen LogP contribution is 2.25. The van der Waals surface area contributed by atoms with E-state index in [1.807, 2.05) is 55.5 Å². The SMILES string of the molecule is CCc1ccccc1NC(=O)C1CC(=O)NC(Nc2nc3ccccc3s2)=N1. The van der Waals surface area contributed by atoms with Crippen LogP contribution < -0.4 is 16.0 Å². The van der Waals surface area contributed by atoms with Crippen molar-refractivity contribution in [2.75, 3.05) is 10.6 Å². The van der Waals surface area contributed by atoms with Gasteiger partial charge < -0.3 is 10.6 Å². The van der Waals surface area contributed by atoms with E-state index in [2.05, 4.69) is 25.9 Å². The highest BCUT2D eigenvalue weighted by Gasteiger charge is 2.27. The molecule has 0 radical (unpaired) electrons. The molecule has 7 nitrogen and oxygen atoms in total. The highest BCUT2D eigenvalue weighted by molar-refractivity contribution is 7.22. The summed E-state index contributed by atoms with van der Waals surface area (Å²) in [6.07, 6.45) is 0.806. The van der Waals surface area contributed by atoms with Gasteiger partial charge in [-0.25, -0.2) is 9.98 Å². The first-order valence-electron chi connectivity index (χ1n) is 9.01. The Bertz CT molecular complexity index is 1040. The van der Waals surface area contributed by atoms with Crippen molar-refractivity contribution in [1.82, 2.24) is 10.3 Å². The average molecular weight is 393 g/mol. The van der Waals surface area contributed by atoms with Gasteiger partial charge in [0.1, 0.15) is 6.04 Å². The maximum atomic E-state index is 12.7. The molecule has 28 heavy (non-hydrogen) atoms. The Kier molecular flexibility index (Phi) is 5.03. The molecule has 0 aliphatic carbocycles. The van der Waals surface area contributed by atoms with E-state index in [1.165, 1.54) is 11.3 Å². The molecule has 0 spiro atoms. The monoisotopic (exact) mass is 393 g/mol. The summed E-state index contributed by atoms with van der Waals surface area (Å²) in [5.74, 6) is -0.332. The number of guanidine groups is 1. The van der Waals surface area contributed by atoms with Crippen molar-refractivity contribution in [3.63, 3.8) is 0 Å².